The molecule has 11 heteroatoms. The number of aliphatic hydroxyl groups is 4. The fourth-order valence-corrected chi connectivity index (χ4v) is 10.9. The van der Waals surface area contributed by atoms with Gasteiger partial charge >= 0.3 is 5.97 Å². The van der Waals surface area contributed by atoms with Crippen molar-refractivity contribution in [2.24, 2.45) is 22.7 Å². The fraction of sp³-hybridized carbons (Fsp3) is 0.800. The van der Waals surface area contributed by atoms with Gasteiger partial charge < -0.3 is 44.5 Å². The number of likely N-dealkylation sites (tertiary alicyclic amines) is 1. The number of nitrogens with zero attached hydrogens (tertiary/aromatic N) is 1. The van der Waals surface area contributed by atoms with Crippen LogP contribution in [0.2, 0.25) is 0 Å². The number of hydrogen-bond acceptors (Lipinski definition) is 10. The number of ether oxygens (including phenoxy) is 4. The van der Waals surface area contributed by atoms with Gasteiger partial charge in [0, 0.05) is 42.0 Å². The highest BCUT2D eigenvalue weighted by atomic mass is 16.7. The van der Waals surface area contributed by atoms with Crippen LogP contribution in [0.15, 0.2) is 12.1 Å². The van der Waals surface area contributed by atoms with E-state index in [1.54, 1.807) is 13.2 Å². The standard InChI is InChI=1S/C35H49NO10/c1-31(2,3)32(4,42)20-15-33-10-11-35(20,43-5)30-34(33)12-13-36(16-17-6-7-17)21(33)14-18-8-9-19(26(46-30)22(18)34)44-29-25(39)23(37)24(38)27(45-29)28(40)41/h8-9,17,20-21,23-25,27,29-30,37-39,42H,6-7,10-16H2,1-5H3,(H,40,41)/t20-,21-,23+,24+,25-,27+,29-,30-,32+,33+,34+,35-/m1/s1. The molecule has 5 aliphatic carbocycles. The molecular formula is C35H49NO10. The van der Waals surface area contributed by atoms with Gasteiger partial charge in [0.2, 0.25) is 6.29 Å². The highest BCUT2D eigenvalue weighted by Gasteiger charge is 2.82. The third kappa shape index (κ3) is 3.76. The first-order valence-electron chi connectivity index (χ1n) is 17.1. The molecule has 8 aliphatic rings. The molecule has 2 spiro atoms. The lowest BCUT2D eigenvalue weighted by Gasteiger charge is -2.75. The molecule has 5 N–H and O–H groups in total. The Morgan fingerprint density at radius 1 is 1.07 bits per heavy atom. The van der Waals surface area contributed by atoms with Gasteiger partial charge in [-0.1, -0.05) is 26.8 Å². The largest absolute Gasteiger partial charge is 0.482 e. The molecule has 11 nitrogen and oxygen atoms in total. The van der Waals surface area contributed by atoms with Crippen LogP contribution in [0, 0.1) is 22.7 Å². The van der Waals surface area contributed by atoms with E-state index in [1.165, 1.54) is 18.4 Å². The van der Waals surface area contributed by atoms with E-state index in [0.717, 1.165) is 56.7 Å². The van der Waals surface area contributed by atoms with Crippen molar-refractivity contribution in [2.75, 3.05) is 20.2 Å². The number of hydrogen-bond donors (Lipinski definition) is 5. The lowest BCUT2D eigenvalue weighted by atomic mass is 9.33. The summed E-state index contributed by atoms with van der Waals surface area (Å²) in [5, 5.41) is 53.6. The maximum Gasteiger partial charge on any atom is 0.335 e. The van der Waals surface area contributed by atoms with Crippen LogP contribution >= 0.6 is 0 Å². The van der Waals surface area contributed by atoms with Gasteiger partial charge in [-0.25, -0.2) is 4.79 Å². The second-order valence-corrected chi connectivity index (χ2v) is 16.6. The van der Waals surface area contributed by atoms with Gasteiger partial charge in [-0.05, 0) is 81.4 Å². The molecule has 12 atom stereocenters. The number of methoxy groups -OCH3 is 1. The summed E-state index contributed by atoms with van der Waals surface area (Å²) >= 11 is 0. The summed E-state index contributed by atoms with van der Waals surface area (Å²) < 4.78 is 25.5. The molecule has 0 unspecified atom stereocenters. The smallest absolute Gasteiger partial charge is 0.335 e. The number of fused-ring (bicyclic) bond motifs is 2. The summed E-state index contributed by atoms with van der Waals surface area (Å²) in [7, 11) is 1.75. The van der Waals surface area contributed by atoms with Gasteiger partial charge in [-0.3, -0.25) is 4.90 Å². The molecule has 1 aromatic carbocycles. The molecule has 46 heavy (non-hydrogen) atoms. The van der Waals surface area contributed by atoms with Crippen molar-refractivity contribution in [1.82, 2.24) is 4.90 Å². The number of benzene rings is 1. The van der Waals surface area contributed by atoms with Crippen LogP contribution in [0.4, 0.5) is 0 Å². The molecule has 6 fully saturated rings. The molecule has 3 heterocycles. The van der Waals surface area contributed by atoms with Gasteiger partial charge in [-0.2, -0.15) is 0 Å². The molecule has 9 rings (SSSR count). The molecule has 4 saturated carbocycles. The fourth-order valence-electron chi connectivity index (χ4n) is 10.9. The molecule has 0 aromatic heterocycles. The Balaban J connectivity index is 1.27. The van der Waals surface area contributed by atoms with Crippen molar-refractivity contribution < 1.29 is 49.3 Å². The molecule has 254 valence electrons. The first-order valence-corrected chi connectivity index (χ1v) is 17.1. The minimum atomic E-state index is -1.81. The van der Waals surface area contributed by atoms with E-state index in [4.69, 9.17) is 18.9 Å². The SMILES string of the molecule is CO[C@]12CC[C@]3(C[C@@H]1[C@](C)(O)C(C)(C)C)[C@H]1Cc4ccc(O[C@@H]5O[C@H](C(=O)O)[C@@H](O)[C@H](O)[C@H]5O)c5c4[C@@]3(CCN1CC1CC1)[C@H]2O5. The summed E-state index contributed by atoms with van der Waals surface area (Å²) in [4.78, 5) is 14.5. The Bertz CT molecular complexity index is 1440. The third-order valence-corrected chi connectivity index (χ3v) is 13.9. The molecule has 0 amide bonds. The monoisotopic (exact) mass is 643 g/mol. The first kappa shape index (κ1) is 31.3. The number of carboxylic acid groups (broad SMARTS) is 1. The summed E-state index contributed by atoms with van der Waals surface area (Å²) in [6, 6.07) is 4.14. The van der Waals surface area contributed by atoms with Crippen LogP contribution in [0.1, 0.15) is 77.3 Å². The molecule has 4 bridgehead atoms. The highest BCUT2D eigenvalue weighted by Crippen LogP contribution is 2.78. The van der Waals surface area contributed by atoms with E-state index in [1.807, 2.05) is 6.92 Å². The average molecular weight is 644 g/mol. The maximum absolute atomic E-state index is 12.4. The lowest BCUT2D eigenvalue weighted by Crippen LogP contribution is -2.83. The zero-order valence-corrected chi connectivity index (χ0v) is 27.4. The summed E-state index contributed by atoms with van der Waals surface area (Å²) in [6.07, 6.45) is -2.16. The number of aliphatic carboxylic acids is 1. The van der Waals surface area contributed by atoms with E-state index in [-0.39, 0.29) is 22.5 Å². The highest BCUT2D eigenvalue weighted by molar-refractivity contribution is 5.73. The van der Waals surface area contributed by atoms with E-state index in [9.17, 15) is 30.3 Å². The normalized spacial score (nSPS) is 45.5. The van der Waals surface area contributed by atoms with Crippen molar-refractivity contribution in [3.63, 3.8) is 0 Å². The second-order valence-electron chi connectivity index (χ2n) is 16.6. The van der Waals surface area contributed by atoms with Crippen molar-refractivity contribution in [3.8, 4) is 11.5 Å². The number of carboxylic acids is 1. The zero-order valence-electron chi connectivity index (χ0n) is 27.4. The third-order valence-electron chi connectivity index (χ3n) is 13.9. The molecule has 2 saturated heterocycles. The van der Waals surface area contributed by atoms with Gasteiger partial charge in [0.05, 0.1) is 5.60 Å². The minimum Gasteiger partial charge on any atom is -0.482 e. The first-order chi connectivity index (χ1) is 21.6. The molecular weight excluding hydrogens is 594 g/mol. The minimum absolute atomic E-state index is 0.169. The molecule has 1 aromatic rings. The summed E-state index contributed by atoms with van der Waals surface area (Å²) in [5.41, 5.74) is -0.512. The van der Waals surface area contributed by atoms with Crippen LogP contribution in [0.3, 0.4) is 0 Å². The molecule has 3 aliphatic heterocycles. The lowest BCUT2D eigenvalue weighted by molar-refractivity contribution is -0.312. The number of aliphatic hydroxyl groups excluding tert-OH is 3. The molecule has 0 radical (unpaired) electrons. The maximum atomic E-state index is 12.4. The van der Waals surface area contributed by atoms with Gasteiger partial charge in [0.25, 0.3) is 0 Å². The van der Waals surface area contributed by atoms with Crippen molar-refractivity contribution in [3.05, 3.63) is 23.3 Å². The Labute approximate surface area is 269 Å². The van der Waals surface area contributed by atoms with Crippen LogP contribution < -0.4 is 9.47 Å². The van der Waals surface area contributed by atoms with Crippen LogP contribution in [0.25, 0.3) is 0 Å². The van der Waals surface area contributed by atoms with E-state index < -0.39 is 59.4 Å². The van der Waals surface area contributed by atoms with Gasteiger partial charge in [0.15, 0.2) is 17.6 Å². The van der Waals surface area contributed by atoms with Gasteiger partial charge in [0.1, 0.15) is 30.0 Å². The quantitative estimate of drug-likeness (QED) is 0.296. The zero-order chi connectivity index (χ0) is 32.8. The summed E-state index contributed by atoms with van der Waals surface area (Å²) in [6.45, 7) is 10.3. The topological polar surface area (TPSA) is 158 Å². The van der Waals surface area contributed by atoms with Crippen molar-refractivity contribution >= 4 is 5.97 Å². The van der Waals surface area contributed by atoms with Crippen molar-refractivity contribution in [1.29, 1.82) is 0 Å². The predicted molar refractivity (Wildman–Crippen MR) is 163 cm³/mol. The number of piperidine rings is 1. The summed E-state index contributed by atoms with van der Waals surface area (Å²) in [5.74, 6) is -0.0821. The van der Waals surface area contributed by atoms with Crippen LogP contribution in [0.5, 0.6) is 11.5 Å². The van der Waals surface area contributed by atoms with Gasteiger partial charge in [-0.15, -0.1) is 0 Å². The van der Waals surface area contributed by atoms with E-state index in [2.05, 4.69) is 31.7 Å². The Kier molecular flexibility index (Phi) is 6.67. The van der Waals surface area contributed by atoms with Crippen LogP contribution in [-0.4, -0.2) is 111 Å². The average Bonchev–Trinajstić information content (AvgIpc) is 3.75. The van der Waals surface area contributed by atoms with E-state index in [0.29, 0.717) is 11.8 Å². The predicted octanol–water partition coefficient (Wildman–Crippen LogP) is 1.98. The second kappa shape index (κ2) is 9.80. The Hall–Kier alpha value is -1.99. The van der Waals surface area contributed by atoms with Crippen molar-refractivity contribution in [2.45, 2.75) is 132 Å². The Morgan fingerprint density at radius 2 is 1.80 bits per heavy atom. The van der Waals surface area contributed by atoms with E-state index >= 15 is 0 Å². The number of rotatable bonds is 7. The van der Waals surface area contributed by atoms with Crippen LogP contribution in [-0.2, 0) is 26.1 Å². The Morgan fingerprint density at radius 3 is 2.46 bits per heavy atom. The number of carbonyl (C=O) groups is 1.